The number of esters is 1. The molecule has 5 aliphatic heterocycles. The number of alkyl halides is 2. The van der Waals surface area contributed by atoms with Crippen LogP contribution in [0.2, 0.25) is 0 Å². The monoisotopic (exact) mass is 544 g/mol. The number of epoxide rings is 2. The van der Waals surface area contributed by atoms with Crippen molar-refractivity contribution in [3.05, 3.63) is 0 Å². The summed E-state index contributed by atoms with van der Waals surface area (Å²) in [6.07, 6.45) is -0.658. The number of ether oxygens (including phenoxy) is 4. The zero-order valence-electron chi connectivity index (χ0n) is 21.1. The Labute approximate surface area is 220 Å². The smallest absolute Gasteiger partial charge is 0.316 e. The number of carbonyl (C=O) groups excluding carboxylic acids is 3. The fraction of sp³-hybridized carbons (Fsp3) is 0.885. The number of ketones is 2. The van der Waals surface area contributed by atoms with Gasteiger partial charge < -0.3 is 24.1 Å². The Bertz CT molecular complexity index is 1010. The summed E-state index contributed by atoms with van der Waals surface area (Å²) in [5, 5.41) is 10.6. The van der Waals surface area contributed by atoms with Crippen molar-refractivity contribution in [3.8, 4) is 0 Å². The van der Waals surface area contributed by atoms with Gasteiger partial charge in [0.1, 0.15) is 12.0 Å². The Kier molecular flexibility index (Phi) is 5.59. The van der Waals surface area contributed by atoms with Gasteiger partial charge >= 0.3 is 5.97 Å². The molecule has 14 atom stereocenters. The summed E-state index contributed by atoms with van der Waals surface area (Å²) in [5.41, 5.74) is -0.932. The standard InChI is InChI=1S/C26H34Cl2O8/c1-9-15-13(8-25(5)22(9)36-25)18-19(34-18)17-16(15)21(31)26(27,28)20(30)10(2)23(32)33-11(3)14(29)6-12-7-24(17,4)35-12/h9-19,22,29H,6-8H2,1-5H3/t9-,10-,11-,12?,13+,14?,15?,16?,17-,18?,19?,22-,24?,25+/m0/s1. The number of rotatable bonds is 0. The average molecular weight is 545 g/mol. The molecule has 2 bridgehead atoms. The summed E-state index contributed by atoms with van der Waals surface area (Å²) in [6.45, 7) is 9.04. The zero-order chi connectivity index (χ0) is 26.1. The van der Waals surface area contributed by atoms with Crippen LogP contribution in [0.4, 0.5) is 0 Å². The molecule has 7 aliphatic rings. The summed E-state index contributed by atoms with van der Waals surface area (Å²) in [5.74, 6) is -4.88. The topological polar surface area (TPSA) is 115 Å². The zero-order valence-corrected chi connectivity index (χ0v) is 22.6. The van der Waals surface area contributed by atoms with E-state index in [4.69, 9.17) is 42.1 Å². The molecule has 0 aromatic heterocycles. The minimum atomic E-state index is -2.44. The highest BCUT2D eigenvalue weighted by atomic mass is 35.5. The average Bonchev–Trinajstić information content (AvgIpc) is 3.69. The molecule has 0 aromatic rings. The maximum Gasteiger partial charge on any atom is 0.316 e. The second-order valence-electron chi connectivity index (χ2n) is 12.5. The molecule has 36 heavy (non-hydrogen) atoms. The largest absolute Gasteiger partial charge is 0.459 e. The molecule has 5 heterocycles. The van der Waals surface area contributed by atoms with E-state index in [0.29, 0.717) is 6.42 Å². The van der Waals surface area contributed by atoms with E-state index in [0.717, 1.165) is 6.42 Å². The van der Waals surface area contributed by atoms with Gasteiger partial charge in [0, 0.05) is 24.7 Å². The minimum Gasteiger partial charge on any atom is -0.459 e. The highest BCUT2D eigenvalue weighted by Gasteiger charge is 2.75. The Morgan fingerprint density at radius 2 is 1.61 bits per heavy atom. The van der Waals surface area contributed by atoms with Crippen LogP contribution in [0, 0.1) is 35.5 Å². The Balaban J connectivity index is 1.42. The third-order valence-corrected chi connectivity index (χ3v) is 10.8. The van der Waals surface area contributed by atoms with Crippen molar-refractivity contribution >= 4 is 40.7 Å². The van der Waals surface area contributed by atoms with Gasteiger partial charge in [-0.25, -0.2) is 0 Å². The first-order valence-electron chi connectivity index (χ1n) is 13.1. The van der Waals surface area contributed by atoms with Crippen LogP contribution < -0.4 is 0 Å². The third-order valence-electron chi connectivity index (χ3n) is 10.1. The van der Waals surface area contributed by atoms with Gasteiger partial charge in [0.05, 0.1) is 41.7 Å². The molecule has 7 unspecified atom stereocenters. The van der Waals surface area contributed by atoms with Crippen LogP contribution in [-0.2, 0) is 33.3 Å². The number of fused-ring (bicyclic) bond motifs is 12. The fourth-order valence-electron chi connectivity index (χ4n) is 8.19. The predicted molar refractivity (Wildman–Crippen MR) is 127 cm³/mol. The van der Waals surface area contributed by atoms with Crippen LogP contribution in [-0.4, -0.2) is 74.8 Å². The van der Waals surface area contributed by atoms with Crippen molar-refractivity contribution < 1.29 is 38.4 Å². The summed E-state index contributed by atoms with van der Waals surface area (Å²) in [6, 6.07) is 0. The number of Topliss-reactive ketones (excluding diaryl/α,β-unsaturated/α-hetero) is 2. The van der Waals surface area contributed by atoms with E-state index in [1.165, 1.54) is 6.92 Å². The SMILES string of the molecule is C[C@@H]1C(=O)O[C@@H](C)C(O)CC2CC(C)(O2)[C@@H]2C3OC3[C@@H]3C[C@@]4(C)O[C@H]4[C@@H](C)C3C2C(=O)C(Cl)(Cl)C1=O. The third kappa shape index (κ3) is 3.51. The highest BCUT2D eigenvalue weighted by molar-refractivity contribution is 6.68. The summed E-state index contributed by atoms with van der Waals surface area (Å²) in [7, 11) is 0. The molecule has 7 fully saturated rings. The quantitative estimate of drug-likeness (QED) is 0.214. The second kappa shape index (κ2) is 7.89. The molecule has 0 aromatic carbocycles. The highest BCUT2D eigenvalue weighted by Crippen LogP contribution is 2.67. The fourth-order valence-corrected chi connectivity index (χ4v) is 8.77. The van der Waals surface area contributed by atoms with Crippen molar-refractivity contribution in [1.82, 2.24) is 0 Å². The van der Waals surface area contributed by atoms with Gasteiger partial charge in [0.15, 0.2) is 11.6 Å². The maximum atomic E-state index is 14.3. The van der Waals surface area contributed by atoms with Crippen LogP contribution >= 0.6 is 23.2 Å². The lowest BCUT2D eigenvalue weighted by Gasteiger charge is -2.57. The lowest BCUT2D eigenvalue weighted by molar-refractivity contribution is -0.251. The van der Waals surface area contributed by atoms with Crippen molar-refractivity contribution in [3.63, 3.8) is 0 Å². The van der Waals surface area contributed by atoms with Gasteiger partial charge in [-0.05, 0) is 51.9 Å². The number of aliphatic hydroxyl groups excluding tert-OH is 1. The van der Waals surface area contributed by atoms with E-state index in [1.807, 2.05) is 6.92 Å². The molecule has 0 radical (unpaired) electrons. The molecular weight excluding hydrogens is 511 g/mol. The van der Waals surface area contributed by atoms with Crippen molar-refractivity contribution in [2.45, 2.75) is 106 Å². The normalized spacial score (nSPS) is 57.6. The Morgan fingerprint density at radius 1 is 0.944 bits per heavy atom. The van der Waals surface area contributed by atoms with E-state index >= 15 is 0 Å². The summed E-state index contributed by atoms with van der Waals surface area (Å²) < 4.78 is 21.6. The number of halogens is 2. The molecule has 5 saturated heterocycles. The van der Waals surface area contributed by atoms with Crippen molar-refractivity contribution in [2.75, 3.05) is 0 Å². The van der Waals surface area contributed by atoms with E-state index < -0.39 is 51.5 Å². The molecule has 0 spiro atoms. The van der Waals surface area contributed by atoms with Gasteiger partial charge in [-0.15, -0.1) is 0 Å². The van der Waals surface area contributed by atoms with Crippen LogP contribution in [0.25, 0.3) is 0 Å². The minimum absolute atomic E-state index is 0.0119. The molecule has 1 N–H and O–H groups in total. The second-order valence-corrected chi connectivity index (χ2v) is 13.8. The molecule has 2 aliphatic carbocycles. The van der Waals surface area contributed by atoms with Crippen molar-refractivity contribution in [1.29, 1.82) is 0 Å². The van der Waals surface area contributed by atoms with Gasteiger partial charge in [0.2, 0.25) is 4.33 Å². The molecule has 10 heteroatoms. The Morgan fingerprint density at radius 3 is 2.28 bits per heavy atom. The number of carbonyl (C=O) groups is 3. The van der Waals surface area contributed by atoms with E-state index in [1.54, 1.807) is 6.92 Å². The molecule has 8 nitrogen and oxygen atoms in total. The molecule has 2 saturated carbocycles. The Hall–Kier alpha value is -0.770. The molecule has 0 amide bonds. The van der Waals surface area contributed by atoms with E-state index in [2.05, 4.69) is 13.8 Å². The molecular formula is C26H34Cl2O8. The first-order valence-corrected chi connectivity index (χ1v) is 13.8. The lowest BCUT2D eigenvalue weighted by atomic mass is 9.52. The number of aliphatic hydroxyl groups is 1. The van der Waals surface area contributed by atoms with Crippen LogP contribution in [0.15, 0.2) is 0 Å². The lowest BCUT2D eigenvalue weighted by Crippen LogP contribution is -2.65. The maximum absolute atomic E-state index is 14.3. The van der Waals surface area contributed by atoms with Crippen LogP contribution in [0.3, 0.4) is 0 Å². The van der Waals surface area contributed by atoms with Gasteiger partial charge in [-0.3, -0.25) is 14.4 Å². The van der Waals surface area contributed by atoms with Crippen LogP contribution in [0.1, 0.15) is 53.9 Å². The molecule has 7 rings (SSSR count). The van der Waals surface area contributed by atoms with Gasteiger partial charge in [-0.1, -0.05) is 30.1 Å². The van der Waals surface area contributed by atoms with Crippen molar-refractivity contribution in [2.24, 2.45) is 35.5 Å². The van der Waals surface area contributed by atoms with E-state index in [9.17, 15) is 19.5 Å². The van der Waals surface area contributed by atoms with E-state index in [-0.39, 0.29) is 60.1 Å². The first kappa shape index (κ1) is 25.5. The number of hydrogen-bond acceptors (Lipinski definition) is 8. The molecule has 200 valence electrons. The van der Waals surface area contributed by atoms with Gasteiger partial charge in [-0.2, -0.15) is 0 Å². The number of hydrogen-bond donors (Lipinski definition) is 1. The van der Waals surface area contributed by atoms with Crippen LogP contribution in [0.5, 0.6) is 0 Å². The summed E-state index contributed by atoms with van der Waals surface area (Å²) >= 11 is 13.2. The van der Waals surface area contributed by atoms with Gasteiger partial charge in [0.25, 0.3) is 0 Å². The predicted octanol–water partition coefficient (Wildman–Crippen LogP) is 2.62. The summed E-state index contributed by atoms with van der Waals surface area (Å²) in [4.78, 5) is 40.4. The first-order chi connectivity index (χ1) is 16.7.